The Morgan fingerprint density at radius 3 is 2.77 bits per heavy atom. The molecule has 0 aliphatic carbocycles. The molecule has 26 heavy (non-hydrogen) atoms. The Kier molecular flexibility index (Phi) is 4.40. The van der Waals surface area contributed by atoms with Crippen molar-refractivity contribution in [1.29, 1.82) is 5.26 Å². The fourth-order valence-electron chi connectivity index (χ4n) is 3.59. The van der Waals surface area contributed by atoms with Crippen LogP contribution in [-0.4, -0.2) is 21.9 Å². The molecular formula is C21H20N4O. The Hall–Kier alpha value is -3.13. The molecule has 0 saturated heterocycles. The number of hydrogen-bond acceptors (Lipinski definition) is 4. The standard InChI is InChI=1S/C21H20N4O/c1-26-19-11-10-15(17-7-4-5-8-18(17)19)13-16(14-22)21-24-23-20-9-3-2-6-12-25(20)21/h4-5,7-8,10-11,13H,2-3,6,9,12H2,1H3. The van der Waals surface area contributed by atoms with E-state index in [1.54, 1.807) is 7.11 Å². The summed E-state index contributed by atoms with van der Waals surface area (Å²) in [7, 11) is 1.67. The molecule has 0 atom stereocenters. The largest absolute Gasteiger partial charge is 0.496 e. The van der Waals surface area contributed by atoms with Gasteiger partial charge in [-0.15, -0.1) is 10.2 Å². The van der Waals surface area contributed by atoms with Crippen molar-refractivity contribution in [2.24, 2.45) is 0 Å². The van der Waals surface area contributed by atoms with Crippen LogP contribution >= 0.6 is 0 Å². The summed E-state index contributed by atoms with van der Waals surface area (Å²) >= 11 is 0. The Balaban J connectivity index is 1.84. The van der Waals surface area contributed by atoms with Crippen molar-refractivity contribution in [3.05, 3.63) is 53.6 Å². The third-order valence-corrected chi connectivity index (χ3v) is 4.91. The minimum atomic E-state index is 0.543. The molecule has 0 bridgehead atoms. The van der Waals surface area contributed by atoms with Crippen molar-refractivity contribution < 1.29 is 4.74 Å². The summed E-state index contributed by atoms with van der Waals surface area (Å²) in [5.41, 5.74) is 1.52. The molecule has 0 radical (unpaired) electrons. The minimum absolute atomic E-state index is 0.543. The summed E-state index contributed by atoms with van der Waals surface area (Å²) in [4.78, 5) is 0. The molecule has 0 amide bonds. The van der Waals surface area contributed by atoms with E-state index in [-0.39, 0.29) is 0 Å². The molecule has 1 aliphatic rings. The quantitative estimate of drug-likeness (QED) is 0.667. The van der Waals surface area contributed by atoms with Gasteiger partial charge in [0.1, 0.15) is 17.6 Å². The molecule has 0 fully saturated rings. The zero-order valence-corrected chi connectivity index (χ0v) is 14.8. The molecule has 0 spiro atoms. The number of allylic oxidation sites excluding steroid dienone is 1. The van der Waals surface area contributed by atoms with Gasteiger partial charge in [0.2, 0.25) is 0 Å². The second-order valence-corrected chi connectivity index (χ2v) is 6.47. The molecule has 5 heteroatoms. The molecule has 0 saturated carbocycles. The summed E-state index contributed by atoms with van der Waals surface area (Å²) in [5.74, 6) is 2.48. The van der Waals surface area contributed by atoms with Crippen LogP contribution < -0.4 is 4.74 Å². The van der Waals surface area contributed by atoms with Gasteiger partial charge in [0.05, 0.1) is 12.7 Å². The first kappa shape index (κ1) is 16.3. The van der Waals surface area contributed by atoms with Gasteiger partial charge in [-0.3, -0.25) is 0 Å². The van der Waals surface area contributed by atoms with Gasteiger partial charge in [-0.1, -0.05) is 36.8 Å². The van der Waals surface area contributed by atoms with Crippen molar-refractivity contribution in [3.63, 3.8) is 0 Å². The summed E-state index contributed by atoms with van der Waals surface area (Å²) in [6.45, 7) is 0.875. The first-order chi connectivity index (χ1) is 12.8. The van der Waals surface area contributed by atoms with E-state index < -0.39 is 0 Å². The fourth-order valence-corrected chi connectivity index (χ4v) is 3.59. The highest BCUT2D eigenvalue weighted by Gasteiger charge is 2.18. The minimum Gasteiger partial charge on any atom is -0.496 e. The van der Waals surface area contributed by atoms with Gasteiger partial charge in [-0.2, -0.15) is 5.26 Å². The van der Waals surface area contributed by atoms with E-state index in [9.17, 15) is 5.26 Å². The fraction of sp³-hybridized carbons (Fsp3) is 0.286. The van der Waals surface area contributed by atoms with E-state index in [2.05, 4.69) is 20.8 Å². The van der Waals surface area contributed by atoms with Gasteiger partial charge in [0.25, 0.3) is 0 Å². The number of benzene rings is 2. The number of hydrogen-bond donors (Lipinski definition) is 0. The van der Waals surface area contributed by atoms with Crippen LogP contribution in [-0.2, 0) is 13.0 Å². The topological polar surface area (TPSA) is 63.7 Å². The molecule has 2 heterocycles. The summed E-state index contributed by atoms with van der Waals surface area (Å²) in [6, 6.07) is 14.3. The number of fused-ring (bicyclic) bond motifs is 2. The van der Waals surface area contributed by atoms with Crippen LogP contribution in [0.3, 0.4) is 0 Å². The second kappa shape index (κ2) is 7.01. The van der Waals surface area contributed by atoms with Gasteiger partial charge in [0.15, 0.2) is 5.82 Å². The normalized spacial score (nSPS) is 14.5. The zero-order chi connectivity index (χ0) is 17.9. The van der Waals surface area contributed by atoms with Crippen LogP contribution in [0, 0.1) is 11.3 Å². The molecule has 0 N–H and O–H groups in total. The Bertz CT molecular complexity index is 1030. The highest BCUT2D eigenvalue weighted by atomic mass is 16.5. The van der Waals surface area contributed by atoms with Gasteiger partial charge < -0.3 is 9.30 Å². The van der Waals surface area contributed by atoms with E-state index in [1.807, 2.05) is 42.5 Å². The first-order valence-corrected chi connectivity index (χ1v) is 8.92. The van der Waals surface area contributed by atoms with Crippen molar-refractivity contribution in [1.82, 2.24) is 14.8 Å². The first-order valence-electron chi connectivity index (χ1n) is 8.92. The van der Waals surface area contributed by atoms with Crippen LogP contribution in [0.25, 0.3) is 22.4 Å². The highest BCUT2D eigenvalue weighted by molar-refractivity contribution is 5.99. The summed E-state index contributed by atoms with van der Waals surface area (Å²) in [5, 5.41) is 20.5. The summed E-state index contributed by atoms with van der Waals surface area (Å²) in [6.07, 6.45) is 6.26. The zero-order valence-electron chi connectivity index (χ0n) is 14.8. The molecule has 3 aromatic rings. The molecule has 1 aliphatic heterocycles. The maximum atomic E-state index is 9.78. The third kappa shape index (κ3) is 2.84. The lowest BCUT2D eigenvalue weighted by Crippen LogP contribution is -2.05. The maximum Gasteiger partial charge on any atom is 0.174 e. The monoisotopic (exact) mass is 344 g/mol. The maximum absolute atomic E-state index is 9.78. The van der Waals surface area contributed by atoms with Gasteiger partial charge in [-0.05, 0) is 35.9 Å². The molecular weight excluding hydrogens is 324 g/mol. The van der Waals surface area contributed by atoms with E-state index in [0.717, 1.165) is 53.7 Å². The van der Waals surface area contributed by atoms with Crippen molar-refractivity contribution in [2.45, 2.75) is 32.2 Å². The SMILES string of the molecule is COc1ccc(C=C(C#N)c2nnc3n2CCCCC3)c2ccccc12. The molecule has 4 rings (SSSR count). The number of nitrogens with zero attached hydrogens (tertiary/aromatic N) is 4. The van der Waals surface area contributed by atoms with Crippen LogP contribution in [0.1, 0.15) is 36.5 Å². The number of ether oxygens (including phenoxy) is 1. The summed E-state index contributed by atoms with van der Waals surface area (Å²) < 4.78 is 7.57. The number of aryl methyl sites for hydroxylation is 1. The third-order valence-electron chi connectivity index (χ3n) is 4.91. The predicted molar refractivity (Wildman–Crippen MR) is 102 cm³/mol. The van der Waals surface area contributed by atoms with Crippen LogP contribution in [0.2, 0.25) is 0 Å². The Morgan fingerprint density at radius 2 is 1.96 bits per heavy atom. The van der Waals surface area contributed by atoms with Crippen molar-refractivity contribution in [3.8, 4) is 11.8 Å². The Labute approximate surface area is 152 Å². The highest BCUT2D eigenvalue weighted by Crippen LogP contribution is 2.31. The van der Waals surface area contributed by atoms with Crippen molar-refractivity contribution in [2.75, 3.05) is 7.11 Å². The molecule has 2 aromatic carbocycles. The van der Waals surface area contributed by atoms with E-state index in [1.165, 1.54) is 6.42 Å². The molecule has 1 aromatic heterocycles. The van der Waals surface area contributed by atoms with Gasteiger partial charge in [-0.25, -0.2) is 0 Å². The average molecular weight is 344 g/mol. The van der Waals surface area contributed by atoms with Crippen LogP contribution in [0.5, 0.6) is 5.75 Å². The van der Waals surface area contributed by atoms with Gasteiger partial charge >= 0.3 is 0 Å². The van der Waals surface area contributed by atoms with E-state index in [0.29, 0.717) is 11.4 Å². The number of methoxy groups -OCH3 is 1. The number of rotatable bonds is 3. The predicted octanol–water partition coefficient (Wildman–Crippen LogP) is 4.23. The Morgan fingerprint density at radius 1 is 1.12 bits per heavy atom. The number of aromatic nitrogens is 3. The molecule has 130 valence electrons. The lowest BCUT2D eigenvalue weighted by Gasteiger charge is -2.09. The molecule has 5 nitrogen and oxygen atoms in total. The van der Waals surface area contributed by atoms with E-state index >= 15 is 0 Å². The lowest BCUT2D eigenvalue weighted by atomic mass is 10.0. The molecule has 0 unspecified atom stereocenters. The average Bonchev–Trinajstić information content (AvgIpc) is 2.93. The smallest absolute Gasteiger partial charge is 0.174 e. The second-order valence-electron chi connectivity index (χ2n) is 6.47. The van der Waals surface area contributed by atoms with E-state index in [4.69, 9.17) is 4.74 Å². The van der Waals surface area contributed by atoms with Crippen LogP contribution in [0.15, 0.2) is 36.4 Å². The lowest BCUT2D eigenvalue weighted by molar-refractivity contribution is 0.420. The van der Waals surface area contributed by atoms with Crippen molar-refractivity contribution >= 4 is 22.4 Å². The van der Waals surface area contributed by atoms with Gasteiger partial charge in [0, 0.05) is 18.4 Å². The number of nitriles is 1. The van der Waals surface area contributed by atoms with Crippen LogP contribution in [0.4, 0.5) is 0 Å².